The summed E-state index contributed by atoms with van der Waals surface area (Å²) in [6.45, 7) is 14.8. The van der Waals surface area contributed by atoms with Gasteiger partial charge in [0.25, 0.3) is 0 Å². The molecule has 2 rings (SSSR count). The number of ether oxygens (including phenoxy) is 2. The van der Waals surface area contributed by atoms with Crippen molar-refractivity contribution >= 4 is 29.8 Å². The predicted molar refractivity (Wildman–Crippen MR) is 98.7 cm³/mol. The minimum absolute atomic E-state index is 0.199. The molecule has 0 amide bonds. The van der Waals surface area contributed by atoms with Crippen molar-refractivity contribution in [3.05, 3.63) is 97.1 Å². The molecule has 0 aliphatic rings. The summed E-state index contributed by atoms with van der Waals surface area (Å²) >= 11 is 0. The van der Waals surface area contributed by atoms with Crippen molar-refractivity contribution in [2.45, 2.75) is 0 Å². The molecule has 0 saturated carbocycles. The molecule has 24 heavy (non-hydrogen) atoms. The molecule has 0 atom stereocenters. The van der Waals surface area contributed by atoms with Gasteiger partial charge in [-0.2, -0.15) is 0 Å². The highest BCUT2D eigenvalue weighted by Crippen LogP contribution is 2.19. The first kappa shape index (κ1) is 17.0. The van der Waals surface area contributed by atoms with E-state index in [2.05, 4.69) is 26.3 Å². The topological polar surface area (TPSA) is 35.5 Å². The van der Waals surface area contributed by atoms with Crippen LogP contribution in [0.1, 0.15) is 22.3 Å². The summed E-state index contributed by atoms with van der Waals surface area (Å²) in [6, 6.07) is 14.5. The lowest BCUT2D eigenvalue weighted by molar-refractivity contribution is 0.133. The van der Waals surface area contributed by atoms with Crippen LogP contribution in [0.2, 0.25) is 0 Å². The van der Waals surface area contributed by atoms with Gasteiger partial charge >= 0.3 is 6.16 Å². The SMILES string of the molecule is C=Cc1ccc(C(=C)OC(=O)OC(=C)c2ccc(C=C)cc2)cc1. The van der Waals surface area contributed by atoms with Gasteiger partial charge in [0.15, 0.2) is 0 Å². The molecule has 0 spiro atoms. The largest absolute Gasteiger partial charge is 0.519 e. The maximum absolute atomic E-state index is 11.9. The van der Waals surface area contributed by atoms with Gasteiger partial charge in [0.2, 0.25) is 0 Å². The van der Waals surface area contributed by atoms with Gasteiger partial charge < -0.3 is 9.47 Å². The number of carbonyl (C=O) groups is 1. The number of hydrogen-bond donors (Lipinski definition) is 0. The lowest BCUT2D eigenvalue weighted by Crippen LogP contribution is -2.05. The minimum atomic E-state index is -0.884. The van der Waals surface area contributed by atoms with E-state index in [1.54, 1.807) is 36.4 Å². The van der Waals surface area contributed by atoms with Crippen molar-refractivity contribution in [3.63, 3.8) is 0 Å². The first-order valence-corrected chi connectivity index (χ1v) is 7.26. The standard InChI is InChI=1S/C21H18O3/c1-5-17-7-11-19(12-8-17)15(3)23-21(22)24-16(4)20-13-9-18(6-2)10-14-20/h5-14H,1-4H2. The van der Waals surface area contributed by atoms with Crippen LogP contribution in [0.3, 0.4) is 0 Å². The molecule has 0 aliphatic carbocycles. The van der Waals surface area contributed by atoms with E-state index in [0.29, 0.717) is 11.1 Å². The van der Waals surface area contributed by atoms with E-state index in [0.717, 1.165) is 11.1 Å². The highest BCUT2D eigenvalue weighted by Gasteiger charge is 2.12. The Balaban J connectivity index is 1.95. The molecule has 3 nitrogen and oxygen atoms in total. The van der Waals surface area contributed by atoms with Crippen LogP contribution in [0.5, 0.6) is 0 Å². The lowest BCUT2D eigenvalue weighted by Gasteiger charge is -2.10. The molecule has 0 heterocycles. The second kappa shape index (κ2) is 7.79. The third-order valence-corrected chi connectivity index (χ3v) is 3.35. The Bertz CT molecular complexity index is 713. The van der Waals surface area contributed by atoms with Gasteiger partial charge in [0, 0.05) is 11.1 Å². The van der Waals surface area contributed by atoms with Crippen molar-refractivity contribution in [2.24, 2.45) is 0 Å². The van der Waals surface area contributed by atoms with Crippen LogP contribution in [0.15, 0.2) is 74.8 Å². The maximum atomic E-state index is 11.9. The first-order valence-electron chi connectivity index (χ1n) is 7.26. The second-order valence-electron chi connectivity index (χ2n) is 4.95. The van der Waals surface area contributed by atoms with Gasteiger partial charge in [0.05, 0.1) is 0 Å². The summed E-state index contributed by atoms with van der Waals surface area (Å²) in [5.74, 6) is 0.399. The Hall–Kier alpha value is -3.33. The van der Waals surface area contributed by atoms with Gasteiger partial charge in [-0.05, 0) is 11.1 Å². The molecule has 2 aromatic rings. The highest BCUT2D eigenvalue weighted by molar-refractivity contribution is 5.77. The Kier molecular flexibility index (Phi) is 5.53. The minimum Gasteiger partial charge on any atom is -0.395 e. The van der Waals surface area contributed by atoms with Crippen molar-refractivity contribution in [2.75, 3.05) is 0 Å². The quantitative estimate of drug-likeness (QED) is 0.501. The van der Waals surface area contributed by atoms with Crippen LogP contribution < -0.4 is 0 Å². The highest BCUT2D eigenvalue weighted by atomic mass is 16.7. The van der Waals surface area contributed by atoms with Crippen LogP contribution in [0.4, 0.5) is 4.79 Å². The fourth-order valence-electron chi connectivity index (χ4n) is 1.95. The van der Waals surface area contributed by atoms with Crippen molar-refractivity contribution < 1.29 is 14.3 Å². The lowest BCUT2D eigenvalue weighted by atomic mass is 10.1. The Morgan fingerprint density at radius 3 is 1.33 bits per heavy atom. The number of benzene rings is 2. The van der Waals surface area contributed by atoms with Crippen LogP contribution >= 0.6 is 0 Å². The van der Waals surface area contributed by atoms with Gasteiger partial charge in [-0.15, -0.1) is 0 Å². The van der Waals surface area contributed by atoms with E-state index in [9.17, 15) is 4.79 Å². The van der Waals surface area contributed by atoms with Gasteiger partial charge in [-0.3, -0.25) is 0 Å². The zero-order chi connectivity index (χ0) is 17.5. The van der Waals surface area contributed by atoms with Crippen LogP contribution in [0, 0.1) is 0 Å². The molecule has 3 heteroatoms. The number of hydrogen-bond acceptors (Lipinski definition) is 3. The van der Waals surface area contributed by atoms with E-state index in [-0.39, 0.29) is 11.5 Å². The monoisotopic (exact) mass is 318 g/mol. The summed E-state index contributed by atoms with van der Waals surface area (Å²) in [5.41, 5.74) is 3.29. The zero-order valence-corrected chi connectivity index (χ0v) is 13.3. The summed E-state index contributed by atoms with van der Waals surface area (Å²) in [6.07, 6.45) is 2.57. The van der Waals surface area contributed by atoms with E-state index >= 15 is 0 Å². The molecule has 0 fully saturated rings. The van der Waals surface area contributed by atoms with E-state index in [4.69, 9.17) is 9.47 Å². The zero-order valence-electron chi connectivity index (χ0n) is 13.3. The average molecular weight is 318 g/mol. The fourth-order valence-corrected chi connectivity index (χ4v) is 1.95. The van der Waals surface area contributed by atoms with Crippen LogP contribution in [0.25, 0.3) is 23.7 Å². The Morgan fingerprint density at radius 2 is 1.04 bits per heavy atom. The van der Waals surface area contributed by atoms with Gasteiger partial charge in [-0.25, -0.2) is 4.79 Å². The number of carbonyl (C=O) groups excluding carboxylic acids is 1. The van der Waals surface area contributed by atoms with E-state index in [1.807, 2.05) is 24.3 Å². The Labute approximate surface area is 141 Å². The summed E-state index contributed by atoms with van der Waals surface area (Å²) in [4.78, 5) is 11.9. The Morgan fingerprint density at radius 1 is 0.708 bits per heavy atom. The second-order valence-corrected chi connectivity index (χ2v) is 4.95. The van der Waals surface area contributed by atoms with E-state index in [1.165, 1.54) is 0 Å². The molecule has 0 bridgehead atoms. The molecule has 2 aromatic carbocycles. The molecular weight excluding hydrogens is 300 g/mol. The van der Waals surface area contributed by atoms with Crippen molar-refractivity contribution in [1.82, 2.24) is 0 Å². The predicted octanol–water partition coefficient (Wildman–Crippen LogP) is 5.77. The molecule has 0 saturated heterocycles. The molecule has 120 valence electrons. The average Bonchev–Trinajstić information content (AvgIpc) is 2.61. The molecular formula is C21H18O3. The van der Waals surface area contributed by atoms with Crippen LogP contribution in [-0.4, -0.2) is 6.16 Å². The van der Waals surface area contributed by atoms with E-state index < -0.39 is 6.16 Å². The third-order valence-electron chi connectivity index (χ3n) is 3.35. The van der Waals surface area contributed by atoms with Gasteiger partial charge in [0.1, 0.15) is 11.5 Å². The fraction of sp³-hybridized carbons (Fsp3) is 0. The summed E-state index contributed by atoms with van der Waals surface area (Å²) in [5, 5.41) is 0. The summed E-state index contributed by atoms with van der Waals surface area (Å²) in [7, 11) is 0. The van der Waals surface area contributed by atoms with Crippen molar-refractivity contribution in [3.8, 4) is 0 Å². The normalized spacial score (nSPS) is 9.67. The molecule has 0 radical (unpaired) electrons. The summed E-state index contributed by atoms with van der Waals surface area (Å²) < 4.78 is 10.2. The maximum Gasteiger partial charge on any atom is 0.519 e. The molecule has 0 N–H and O–H groups in total. The first-order chi connectivity index (χ1) is 11.5. The number of rotatable bonds is 6. The third kappa shape index (κ3) is 4.34. The van der Waals surface area contributed by atoms with Crippen LogP contribution in [-0.2, 0) is 9.47 Å². The van der Waals surface area contributed by atoms with Crippen molar-refractivity contribution in [1.29, 1.82) is 0 Å². The smallest absolute Gasteiger partial charge is 0.395 e. The van der Waals surface area contributed by atoms with Gasteiger partial charge in [-0.1, -0.05) is 87.0 Å². The molecule has 0 unspecified atom stereocenters. The molecule has 0 aliphatic heterocycles. The molecule has 0 aromatic heterocycles.